The normalized spacial score (nSPS) is 12.1. The molecule has 0 radical (unpaired) electrons. The second kappa shape index (κ2) is 8.96. The van der Waals surface area contributed by atoms with Gasteiger partial charge >= 0.3 is 11.9 Å². The first-order valence-electron chi connectivity index (χ1n) is 6.80. The molecule has 0 atom stereocenters. The summed E-state index contributed by atoms with van der Waals surface area (Å²) in [4.78, 5) is 32.0. The van der Waals surface area contributed by atoms with Gasteiger partial charge in [0.25, 0.3) is 0 Å². The molecule has 0 aliphatic rings. The Morgan fingerprint density at radius 2 is 1.00 bits per heavy atom. The van der Waals surface area contributed by atoms with Crippen LogP contribution in [0.1, 0.15) is 41.5 Å². The molecule has 0 amide bonds. The highest BCUT2D eigenvalue weighted by Gasteiger charge is 2.23. The van der Waals surface area contributed by atoms with Crippen LogP contribution in [-0.4, -0.2) is 38.4 Å². The van der Waals surface area contributed by atoms with E-state index in [1.807, 2.05) is 0 Å². The molecule has 0 N–H and O–H groups in total. The Balaban J connectivity index is 3.42. The Hall–Kier alpha value is -1.18. The quantitative estimate of drug-likeness (QED) is 0.294. The highest BCUT2D eigenvalue weighted by Crippen LogP contribution is 2.15. The van der Waals surface area contributed by atoms with Gasteiger partial charge in [0.05, 0.1) is 10.8 Å². The van der Waals surface area contributed by atoms with E-state index in [2.05, 4.69) is 14.8 Å². The third-order valence-electron chi connectivity index (χ3n) is 2.12. The summed E-state index contributed by atoms with van der Waals surface area (Å²) in [6.07, 6.45) is 0. The third-order valence-corrected chi connectivity index (χ3v) is 2.12. The Morgan fingerprint density at radius 3 is 1.29 bits per heavy atom. The van der Waals surface area contributed by atoms with E-state index in [4.69, 9.17) is 9.47 Å². The lowest BCUT2D eigenvalue weighted by Gasteiger charge is -2.16. The molecule has 0 aromatic carbocycles. The van der Waals surface area contributed by atoms with Gasteiger partial charge in [-0.2, -0.15) is 0 Å². The molecule has 21 heavy (non-hydrogen) atoms. The van der Waals surface area contributed by atoms with E-state index in [-0.39, 0.29) is 38.4 Å². The Kier molecular flexibility index (Phi) is 8.46. The van der Waals surface area contributed by atoms with E-state index in [1.165, 1.54) is 0 Å². The summed E-state index contributed by atoms with van der Waals surface area (Å²) < 4.78 is 9.87. The fourth-order valence-corrected chi connectivity index (χ4v) is 0.872. The summed E-state index contributed by atoms with van der Waals surface area (Å²) in [5.74, 6) is -0.637. The van der Waals surface area contributed by atoms with Gasteiger partial charge in [-0.3, -0.25) is 9.59 Å². The van der Waals surface area contributed by atoms with Gasteiger partial charge in [0.15, 0.2) is 0 Å². The monoisotopic (exact) mass is 306 g/mol. The molecule has 0 heterocycles. The fraction of sp³-hybridized carbons (Fsp3) is 0.857. The summed E-state index contributed by atoms with van der Waals surface area (Å²) in [6.45, 7) is 10.8. The van der Waals surface area contributed by atoms with Crippen LogP contribution < -0.4 is 0 Å². The van der Waals surface area contributed by atoms with E-state index in [9.17, 15) is 9.59 Å². The molecule has 0 unspecified atom stereocenters. The SMILES string of the molecule is CC(C)(C)C(=O)OCCOOOCCOC(=O)C(C)(C)C. The van der Waals surface area contributed by atoms with E-state index in [1.54, 1.807) is 41.5 Å². The van der Waals surface area contributed by atoms with Crippen LogP contribution in [0.5, 0.6) is 0 Å². The summed E-state index contributed by atoms with van der Waals surface area (Å²) in [5.41, 5.74) is -1.09. The highest BCUT2D eigenvalue weighted by atomic mass is 17.5. The molecule has 0 rings (SSSR count). The molecule has 0 aromatic heterocycles. The van der Waals surface area contributed by atoms with Gasteiger partial charge in [0.2, 0.25) is 0 Å². The number of hydrogen-bond acceptors (Lipinski definition) is 7. The maximum absolute atomic E-state index is 11.4. The number of rotatable bonds is 8. The van der Waals surface area contributed by atoms with Crippen molar-refractivity contribution in [1.82, 2.24) is 0 Å². The van der Waals surface area contributed by atoms with E-state index < -0.39 is 10.8 Å². The smallest absolute Gasteiger partial charge is 0.311 e. The Labute approximate surface area is 125 Å². The van der Waals surface area contributed by atoms with Gasteiger partial charge in [0.1, 0.15) is 26.4 Å². The van der Waals surface area contributed by atoms with Gasteiger partial charge in [-0.05, 0) is 41.5 Å². The largest absolute Gasteiger partial charge is 0.463 e. The lowest BCUT2D eigenvalue weighted by Crippen LogP contribution is -2.25. The number of esters is 2. The van der Waals surface area contributed by atoms with Gasteiger partial charge in [-0.25, -0.2) is 9.78 Å². The molecule has 0 fully saturated rings. The predicted molar refractivity (Wildman–Crippen MR) is 73.8 cm³/mol. The van der Waals surface area contributed by atoms with Crippen molar-refractivity contribution < 1.29 is 33.9 Å². The van der Waals surface area contributed by atoms with Gasteiger partial charge in [-0.15, -0.1) is 0 Å². The van der Waals surface area contributed by atoms with E-state index in [0.717, 1.165) is 0 Å². The molecule has 0 bridgehead atoms. The number of ether oxygens (including phenoxy) is 2. The molecule has 0 spiro atoms. The first kappa shape index (κ1) is 19.8. The van der Waals surface area contributed by atoms with Crippen molar-refractivity contribution in [2.45, 2.75) is 41.5 Å². The zero-order valence-electron chi connectivity index (χ0n) is 13.7. The van der Waals surface area contributed by atoms with E-state index in [0.29, 0.717) is 0 Å². The second-order valence-corrected chi connectivity index (χ2v) is 6.48. The standard InChI is InChI=1S/C14H26O7/c1-13(2,3)11(15)17-7-9-19-21-20-10-8-18-12(16)14(4,5)6/h7-10H2,1-6H3. The molecular weight excluding hydrogens is 280 g/mol. The third kappa shape index (κ3) is 10.2. The van der Waals surface area contributed by atoms with Crippen molar-refractivity contribution in [2.24, 2.45) is 10.8 Å². The maximum atomic E-state index is 11.4. The molecule has 0 saturated heterocycles. The number of carbonyl (C=O) groups is 2. The molecule has 0 aliphatic heterocycles. The molecule has 7 heteroatoms. The van der Waals surface area contributed by atoms with Crippen LogP contribution in [0.4, 0.5) is 0 Å². The van der Waals surface area contributed by atoms with Crippen LogP contribution in [0.25, 0.3) is 0 Å². The van der Waals surface area contributed by atoms with Crippen LogP contribution in [-0.2, 0) is 33.9 Å². The minimum atomic E-state index is -0.547. The van der Waals surface area contributed by atoms with E-state index >= 15 is 0 Å². The first-order chi connectivity index (χ1) is 9.55. The van der Waals surface area contributed by atoms with Crippen LogP contribution in [0.3, 0.4) is 0 Å². The fourth-order valence-electron chi connectivity index (χ4n) is 0.872. The minimum Gasteiger partial charge on any atom is -0.463 e. The van der Waals surface area contributed by atoms with Crippen LogP contribution >= 0.6 is 0 Å². The summed E-state index contributed by atoms with van der Waals surface area (Å²) in [6, 6.07) is 0. The lowest BCUT2D eigenvalue weighted by atomic mass is 9.97. The average Bonchev–Trinajstić information content (AvgIpc) is 2.33. The van der Waals surface area contributed by atoms with Crippen molar-refractivity contribution in [2.75, 3.05) is 26.4 Å². The number of carbonyl (C=O) groups excluding carboxylic acids is 2. The van der Waals surface area contributed by atoms with Crippen LogP contribution in [0.2, 0.25) is 0 Å². The lowest BCUT2D eigenvalue weighted by molar-refractivity contribution is -0.513. The van der Waals surface area contributed by atoms with Crippen molar-refractivity contribution in [3.63, 3.8) is 0 Å². The van der Waals surface area contributed by atoms with Gasteiger partial charge in [-0.1, -0.05) is 5.04 Å². The predicted octanol–water partition coefficient (Wildman–Crippen LogP) is 2.04. The minimum absolute atomic E-state index is 0.0452. The summed E-state index contributed by atoms with van der Waals surface area (Å²) in [5, 5.41) is 4.39. The van der Waals surface area contributed by atoms with Crippen LogP contribution in [0, 0.1) is 10.8 Å². The average molecular weight is 306 g/mol. The number of hydrogen-bond donors (Lipinski definition) is 0. The van der Waals surface area contributed by atoms with Crippen molar-refractivity contribution in [3.05, 3.63) is 0 Å². The molecule has 0 aliphatic carbocycles. The topological polar surface area (TPSA) is 80.3 Å². The summed E-state index contributed by atoms with van der Waals surface area (Å²) >= 11 is 0. The highest BCUT2D eigenvalue weighted by molar-refractivity contribution is 5.75. The molecule has 7 nitrogen and oxygen atoms in total. The first-order valence-corrected chi connectivity index (χ1v) is 6.80. The molecular formula is C14H26O7. The Bertz CT molecular complexity index is 293. The zero-order valence-corrected chi connectivity index (χ0v) is 13.7. The zero-order chi connectivity index (χ0) is 16.5. The Morgan fingerprint density at radius 1 is 0.667 bits per heavy atom. The molecule has 0 saturated carbocycles. The van der Waals surface area contributed by atoms with Crippen molar-refractivity contribution in [3.8, 4) is 0 Å². The summed E-state index contributed by atoms with van der Waals surface area (Å²) in [7, 11) is 0. The van der Waals surface area contributed by atoms with Gasteiger partial charge < -0.3 is 9.47 Å². The molecule has 124 valence electrons. The van der Waals surface area contributed by atoms with Crippen LogP contribution in [0.15, 0.2) is 0 Å². The van der Waals surface area contributed by atoms with Crippen molar-refractivity contribution >= 4 is 11.9 Å². The molecule has 0 aromatic rings. The second-order valence-electron chi connectivity index (χ2n) is 6.48. The van der Waals surface area contributed by atoms with Crippen molar-refractivity contribution in [1.29, 1.82) is 0 Å². The van der Waals surface area contributed by atoms with Gasteiger partial charge in [0, 0.05) is 0 Å². The maximum Gasteiger partial charge on any atom is 0.311 e.